The van der Waals surface area contributed by atoms with Gasteiger partial charge in [0.15, 0.2) is 0 Å². The van der Waals surface area contributed by atoms with Crippen LogP contribution in [0.25, 0.3) is 0 Å². The summed E-state index contributed by atoms with van der Waals surface area (Å²) in [7, 11) is -1.94. The van der Waals surface area contributed by atoms with Crippen molar-refractivity contribution >= 4 is 21.6 Å². The summed E-state index contributed by atoms with van der Waals surface area (Å²) in [6.07, 6.45) is 3.88. The van der Waals surface area contributed by atoms with E-state index in [9.17, 15) is 13.2 Å². The SMILES string of the molecule is COc1ccccc1N1CCN(C(=O)c2cc(S(=O)(=O)N3CCCCCC3)ccc2C)CC1. The van der Waals surface area contributed by atoms with Gasteiger partial charge >= 0.3 is 0 Å². The van der Waals surface area contributed by atoms with Gasteiger partial charge in [-0.15, -0.1) is 0 Å². The van der Waals surface area contributed by atoms with Crippen molar-refractivity contribution in [2.24, 2.45) is 0 Å². The van der Waals surface area contributed by atoms with Gasteiger partial charge < -0.3 is 14.5 Å². The molecule has 0 unspecified atom stereocenters. The number of hydrogen-bond donors (Lipinski definition) is 0. The molecule has 0 aromatic heterocycles. The summed E-state index contributed by atoms with van der Waals surface area (Å²) >= 11 is 0. The molecule has 2 aromatic carbocycles. The Bertz CT molecular complexity index is 1090. The first-order valence-corrected chi connectivity index (χ1v) is 13.1. The summed E-state index contributed by atoms with van der Waals surface area (Å²) in [4.78, 5) is 17.6. The molecule has 0 atom stereocenters. The second-order valence-electron chi connectivity index (χ2n) is 8.75. The van der Waals surface area contributed by atoms with Gasteiger partial charge in [-0.05, 0) is 49.6 Å². The molecule has 2 aliphatic rings. The first kappa shape index (κ1) is 23.6. The Balaban J connectivity index is 1.50. The Morgan fingerprint density at radius 1 is 0.879 bits per heavy atom. The van der Waals surface area contributed by atoms with E-state index in [-0.39, 0.29) is 10.8 Å². The first-order valence-electron chi connectivity index (χ1n) is 11.7. The van der Waals surface area contributed by atoms with E-state index >= 15 is 0 Å². The molecule has 2 fully saturated rings. The van der Waals surface area contributed by atoms with Crippen LogP contribution in [-0.2, 0) is 10.0 Å². The fourth-order valence-corrected chi connectivity index (χ4v) is 6.18. The maximum Gasteiger partial charge on any atom is 0.254 e. The number of sulfonamides is 1. The van der Waals surface area contributed by atoms with Gasteiger partial charge in [0.1, 0.15) is 5.75 Å². The zero-order valence-electron chi connectivity index (χ0n) is 19.5. The largest absolute Gasteiger partial charge is 0.495 e. The molecule has 33 heavy (non-hydrogen) atoms. The van der Waals surface area contributed by atoms with Gasteiger partial charge in [-0.25, -0.2) is 8.42 Å². The fraction of sp³-hybridized carbons (Fsp3) is 0.480. The molecule has 2 heterocycles. The minimum Gasteiger partial charge on any atom is -0.495 e. The van der Waals surface area contributed by atoms with Gasteiger partial charge in [0.25, 0.3) is 5.91 Å². The molecule has 7 nitrogen and oxygen atoms in total. The molecular formula is C25H33N3O4S. The number of carbonyl (C=O) groups is 1. The lowest BCUT2D eigenvalue weighted by Gasteiger charge is -2.37. The predicted molar refractivity (Wildman–Crippen MR) is 130 cm³/mol. The number of hydrogen-bond acceptors (Lipinski definition) is 5. The molecule has 0 spiro atoms. The van der Waals surface area contributed by atoms with E-state index in [1.165, 1.54) is 0 Å². The average molecular weight is 472 g/mol. The lowest BCUT2D eigenvalue weighted by atomic mass is 10.1. The zero-order valence-corrected chi connectivity index (χ0v) is 20.3. The van der Waals surface area contributed by atoms with Crippen LogP contribution in [0.5, 0.6) is 5.75 Å². The van der Waals surface area contributed by atoms with Crippen molar-refractivity contribution < 1.29 is 17.9 Å². The van der Waals surface area contributed by atoms with E-state index in [2.05, 4.69) is 4.90 Å². The maximum absolute atomic E-state index is 13.4. The van der Waals surface area contributed by atoms with Crippen LogP contribution in [0, 0.1) is 6.92 Å². The molecule has 2 aliphatic heterocycles. The van der Waals surface area contributed by atoms with E-state index in [4.69, 9.17) is 4.74 Å². The number of carbonyl (C=O) groups excluding carboxylic acids is 1. The highest BCUT2D eigenvalue weighted by Crippen LogP contribution is 2.29. The Morgan fingerprint density at radius 2 is 1.55 bits per heavy atom. The lowest BCUT2D eigenvalue weighted by Crippen LogP contribution is -2.49. The summed E-state index contributed by atoms with van der Waals surface area (Å²) in [5, 5.41) is 0. The molecule has 0 N–H and O–H groups in total. The van der Waals surface area contributed by atoms with Gasteiger partial charge in [-0.3, -0.25) is 4.79 Å². The molecule has 2 aromatic rings. The number of methoxy groups -OCH3 is 1. The number of rotatable bonds is 5. The van der Waals surface area contributed by atoms with Crippen LogP contribution in [0.2, 0.25) is 0 Å². The van der Waals surface area contributed by atoms with Gasteiger partial charge in [-0.2, -0.15) is 4.31 Å². The third kappa shape index (κ3) is 5.01. The molecule has 4 rings (SSSR count). The van der Waals surface area contributed by atoms with Crippen molar-refractivity contribution in [2.45, 2.75) is 37.5 Å². The summed E-state index contributed by atoms with van der Waals surface area (Å²) in [5.41, 5.74) is 2.28. The molecule has 178 valence electrons. The Kier molecular flexibility index (Phi) is 7.24. The van der Waals surface area contributed by atoms with Crippen molar-refractivity contribution in [3.63, 3.8) is 0 Å². The van der Waals surface area contributed by atoms with Crippen LogP contribution in [0.15, 0.2) is 47.4 Å². The third-order valence-electron chi connectivity index (χ3n) is 6.63. The van der Waals surface area contributed by atoms with Crippen LogP contribution < -0.4 is 9.64 Å². The second kappa shape index (κ2) is 10.1. The quantitative estimate of drug-likeness (QED) is 0.667. The summed E-state index contributed by atoms with van der Waals surface area (Å²) in [6, 6.07) is 12.8. The minimum atomic E-state index is -3.60. The van der Waals surface area contributed by atoms with Crippen molar-refractivity contribution in [2.75, 3.05) is 51.3 Å². The maximum atomic E-state index is 13.4. The highest BCUT2D eigenvalue weighted by molar-refractivity contribution is 7.89. The second-order valence-corrected chi connectivity index (χ2v) is 10.7. The molecular weight excluding hydrogens is 438 g/mol. The number of anilines is 1. The molecule has 2 saturated heterocycles. The summed E-state index contributed by atoms with van der Waals surface area (Å²) in [5.74, 6) is 0.708. The Hall–Kier alpha value is -2.58. The number of aryl methyl sites for hydroxylation is 1. The number of ether oxygens (including phenoxy) is 1. The monoisotopic (exact) mass is 471 g/mol. The van der Waals surface area contributed by atoms with E-state index < -0.39 is 10.0 Å². The zero-order chi connectivity index (χ0) is 23.4. The van der Waals surface area contributed by atoms with Gasteiger partial charge in [-0.1, -0.05) is 31.0 Å². The topological polar surface area (TPSA) is 70.2 Å². The fourth-order valence-electron chi connectivity index (χ4n) is 4.63. The number of nitrogens with zero attached hydrogens (tertiary/aromatic N) is 3. The molecule has 1 amide bonds. The van der Waals surface area contributed by atoms with Crippen LogP contribution in [0.1, 0.15) is 41.6 Å². The number of para-hydroxylation sites is 2. The van der Waals surface area contributed by atoms with Crippen molar-refractivity contribution in [1.82, 2.24) is 9.21 Å². The van der Waals surface area contributed by atoms with Crippen LogP contribution >= 0.6 is 0 Å². The van der Waals surface area contributed by atoms with Crippen LogP contribution in [-0.4, -0.2) is 69.9 Å². The highest BCUT2D eigenvalue weighted by atomic mass is 32.2. The predicted octanol–water partition coefficient (Wildman–Crippen LogP) is 3.53. The van der Waals surface area contributed by atoms with Crippen LogP contribution in [0.3, 0.4) is 0 Å². The third-order valence-corrected chi connectivity index (χ3v) is 8.53. The standard InChI is InChI=1S/C25H33N3O4S/c1-20-11-12-21(33(30,31)28-13-7-3-4-8-14-28)19-22(20)25(29)27-17-15-26(16-18-27)23-9-5-6-10-24(23)32-2/h5-6,9-12,19H,3-4,7-8,13-18H2,1-2H3. The van der Waals surface area contributed by atoms with Crippen molar-refractivity contribution in [3.8, 4) is 5.75 Å². The number of benzene rings is 2. The molecule has 0 saturated carbocycles. The van der Waals surface area contributed by atoms with E-state index in [0.29, 0.717) is 44.8 Å². The highest BCUT2D eigenvalue weighted by Gasteiger charge is 2.29. The van der Waals surface area contributed by atoms with Crippen molar-refractivity contribution in [1.29, 1.82) is 0 Å². The van der Waals surface area contributed by atoms with Gasteiger partial charge in [0.2, 0.25) is 10.0 Å². The average Bonchev–Trinajstić information content (AvgIpc) is 3.14. The van der Waals surface area contributed by atoms with E-state index in [0.717, 1.165) is 42.7 Å². The Labute approximate surface area is 197 Å². The molecule has 0 bridgehead atoms. The molecule has 8 heteroatoms. The summed E-state index contributed by atoms with van der Waals surface area (Å²) < 4.78 is 33.5. The number of piperazine rings is 1. The smallest absolute Gasteiger partial charge is 0.254 e. The normalized spacial score (nSPS) is 18.1. The molecule has 0 aliphatic carbocycles. The number of amides is 1. The first-order chi connectivity index (χ1) is 15.9. The van der Waals surface area contributed by atoms with E-state index in [1.54, 1.807) is 29.6 Å². The lowest BCUT2D eigenvalue weighted by molar-refractivity contribution is 0.0745. The van der Waals surface area contributed by atoms with Crippen LogP contribution in [0.4, 0.5) is 5.69 Å². The van der Waals surface area contributed by atoms with Crippen molar-refractivity contribution in [3.05, 3.63) is 53.6 Å². The van der Waals surface area contributed by atoms with Gasteiger partial charge in [0, 0.05) is 44.8 Å². The van der Waals surface area contributed by atoms with E-state index in [1.807, 2.05) is 36.1 Å². The minimum absolute atomic E-state index is 0.111. The van der Waals surface area contributed by atoms with Gasteiger partial charge in [0.05, 0.1) is 17.7 Å². The summed E-state index contributed by atoms with van der Waals surface area (Å²) in [6.45, 7) is 5.47. The Morgan fingerprint density at radius 3 is 2.21 bits per heavy atom. The molecule has 0 radical (unpaired) electrons.